The number of carbonyl (C=O) groups excluding carboxylic acids is 1. The Hall–Kier alpha value is -1.29. The Bertz CT molecular complexity index is 354. The number of aliphatic hydroxyl groups is 1. The van der Waals surface area contributed by atoms with E-state index in [4.69, 9.17) is 5.11 Å². The van der Waals surface area contributed by atoms with Gasteiger partial charge in [0.25, 0.3) is 0 Å². The van der Waals surface area contributed by atoms with Crippen molar-refractivity contribution in [2.75, 3.05) is 6.61 Å². The van der Waals surface area contributed by atoms with Gasteiger partial charge < -0.3 is 15.4 Å². The molecule has 0 unspecified atom stereocenters. The number of aromatic amines is 1. The van der Waals surface area contributed by atoms with Crippen molar-refractivity contribution in [2.45, 2.75) is 44.6 Å². The van der Waals surface area contributed by atoms with E-state index >= 15 is 0 Å². The Labute approximate surface area is 108 Å². The van der Waals surface area contributed by atoms with Crippen molar-refractivity contribution < 1.29 is 9.90 Å². The highest BCUT2D eigenvalue weighted by atomic mass is 16.3. The van der Waals surface area contributed by atoms with Crippen molar-refractivity contribution in [3.8, 4) is 0 Å². The van der Waals surface area contributed by atoms with Crippen LogP contribution < -0.4 is 5.32 Å². The molecule has 1 amide bonds. The van der Waals surface area contributed by atoms with E-state index in [1.165, 1.54) is 0 Å². The minimum absolute atomic E-state index is 0.136. The standard InChI is InChI=1S/C14H22N2O2/c17-10-11-3-5-13(6-4-11)16-14(18)8-7-12-2-1-9-15-12/h1-2,9,11,13,15,17H,3-8,10H2,(H,16,18). The molecule has 0 saturated heterocycles. The Morgan fingerprint density at radius 1 is 1.39 bits per heavy atom. The molecule has 4 nitrogen and oxygen atoms in total. The lowest BCUT2D eigenvalue weighted by Crippen LogP contribution is -2.38. The van der Waals surface area contributed by atoms with E-state index in [1.807, 2.05) is 18.3 Å². The molecule has 1 aromatic heterocycles. The van der Waals surface area contributed by atoms with Gasteiger partial charge in [-0.15, -0.1) is 0 Å². The third-order valence-corrected chi connectivity index (χ3v) is 3.75. The van der Waals surface area contributed by atoms with Gasteiger partial charge in [0.1, 0.15) is 0 Å². The Kier molecular flexibility index (Phi) is 4.81. The van der Waals surface area contributed by atoms with Crippen LogP contribution in [0.15, 0.2) is 18.3 Å². The van der Waals surface area contributed by atoms with Gasteiger partial charge in [-0.2, -0.15) is 0 Å². The molecule has 0 aliphatic heterocycles. The number of aryl methyl sites for hydroxylation is 1. The largest absolute Gasteiger partial charge is 0.396 e. The zero-order valence-electron chi connectivity index (χ0n) is 10.7. The number of aromatic nitrogens is 1. The van der Waals surface area contributed by atoms with Crippen molar-refractivity contribution in [3.05, 3.63) is 24.0 Å². The topological polar surface area (TPSA) is 65.1 Å². The average molecular weight is 250 g/mol. The highest BCUT2D eigenvalue weighted by Gasteiger charge is 2.21. The summed E-state index contributed by atoms with van der Waals surface area (Å²) in [5.41, 5.74) is 1.11. The summed E-state index contributed by atoms with van der Waals surface area (Å²) in [5.74, 6) is 0.578. The highest BCUT2D eigenvalue weighted by Crippen LogP contribution is 2.23. The number of H-pyrrole nitrogens is 1. The molecule has 1 heterocycles. The molecule has 0 aromatic carbocycles. The molecule has 0 atom stereocenters. The molecule has 3 N–H and O–H groups in total. The summed E-state index contributed by atoms with van der Waals surface area (Å²) in [6, 6.07) is 4.26. The molecule has 2 rings (SSSR count). The maximum atomic E-state index is 11.8. The smallest absolute Gasteiger partial charge is 0.220 e. The third kappa shape index (κ3) is 3.88. The second kappa shape index (κ2) is 6.59. The van der Waals surface area contributed by atoms with Gasteiger partial charge >= 0.3 is 0 Å². The Morgan fingerprint density at radius 2 is 2.17 bits per heavy atom. The number of hydrogen-bond acceptors (Lipinski definition) is 2. The van der Waals surface area contributed by atoms with E-state index < -0.39 is 0 Å². The van der Waals surface area contributed by atoms with E-state index in [0.717, 1.165) is 37.8 Å². The van der Waals surface area contributed by atoms with Gasteiger partial charge in [0.05, 0.1) is 0 Å². The summed E-state index contributed by atoms with van der Waals surface area (Å²) in [6.45, 7) is 0.285. The van der Waals surface area contributed by atoms with Crippen LogP contribution in [0.1, 0.15) is 37.8 Å². The van der Waals surface area contributed by atoms with Gasteiger partial charge in [-0.3, -0.25) is 4.79 Å². The van der Waals surface area contributed by atoms with Crippen LogP contribution in [-0.2, 0) is 11.2 Å². The molecule has 0 spiro atoms. The van der Waals surface area contributed by atoms with Crippen LogP contribution >= 0.6 is 0 Å². The van der Waals surface area contributed by atoms with Crippen molar-refractivity contribution in [1.29, 1.82) is 0 Å². The van der Waals surface area contributed by atoms with E-state index in [2.05, 4.69) is 10.3 Å². The lowest BCUT2D eigenvalue weighted by Gasteiger charge is -2.27. The number of hydrogen-bond donors (Lipinski definition) is 3. The highest BCUT2D eigenvalue weighted by molar-refractivity contribution is 5.76. The number of rotatable bonds is 5. The Balaban J connectivity index is 1.65. The predicted molar refractivity (Wildman–Crippen MR) is 70.1 cm³/mol. The van der Waals surface area contributed by atoms with E-state index in [0.29, 0.717) is 18.4 Å². The van der Waals surface area contributed by atoms with Crippen LogP contribution in [0.5, 0.6) is 0 Å². The van der Waals surface area contributed by atoms with Gasteiger partial charge in [0.2, 0.25) is 5.91 Å². The zero-order chi connectivity index (χ0) is 12.8. The van der Waals surface area contributed by atoms with Crippen LogP contribution in [0.2, 0.25) is 0 Å². The summed E-state index contributed by atoms with van der Waals surface area (Å²) in [6.07, 6.45) is 7.24. The quantitative estimate of drug-likeness (QED) is 0.743. The lowest BCUT2D eigenvalue weighted by molar-refractivity contribution is -0.122. The molecule has 1 aliphatic rings. The molecule has 0 radical (unpaired) electrons. The molecule has 4 heteroatoms. The molecule has 18 heavy (non-hydrogen) atoms. The summed E-state index contributed by atoms with van der Waals surface area (Å²) >= 11 is 0. The van der Waals surface area contributed by atoms with Gasteiger partial charge in [0.15, 0.2) is 0 Å². The van der Waals surface area contributed by atoms with Crippen molar-refractivity contribution in [1.82, 2.24) is 10.3 Å². The monoisotopic (exact) mass is 250 g/mol. The second-order valence-electron chi connectivity index (χ2n) is 5.16. The summed E-state index contributed by atoms with van der Waals surface area (Å²) in [5, 5.41) is 12.1. The second-order valence-corrected chi connectivity index (χ2v) is 5.16. The van der Waals surface area contributed by atoms with E-state index in [-0.39, 0.29) is 12.5 Å². The van der Waals surface area contributed by atoms with Gasteiger partial charge in [-0.25, -0.2) is 0 Å². The SMILES string of the molecule is O=C(CCc1ccc[nH]1)NC1CCC(CO)CC1. The molecule has 1 fully saturated rings. The van der Waals surface area contributed by atoms with Crippen LogP contribution in [0.4, 0.5) is 0 Å². The van der Waals surface area contributed by atoms with Crippen LogP contribution in [-0.4, -0.2) is 28.6 Å². The minimum Gasteiger partial charge on any atom is -0.396 e. The maximum absolute atomic E-state index is 11.8. The predicted octanol–water partition coefficient (Wildman–Crippen LogP) is 1.61. The maximum Gasteiger partial charge on any atom is 0.220 e. The van der Waals surface area contributed by atoms with Crippen molar-refractivity contribution in [3.63, 3.8) is 0 Å². The number of amides is 1. The first kappa shape index (κ1) is 13.1. The number of aliphatic hydroxyl groups excluding tert-OH is 1. The molecular formula is C14H22N2O2. The summed E-state index contributed by atoms with van der Waals surface area (Å²) in [4.78, 5) is 14.9. The Morgan fingerprint density at radius 3 is 2.78 bits per heavy atom. The van der Waals surface area contributed by atoms with E-state index in [9.17, 15) is 4.79 Å². The molecule has 0 bridgehead atoms. The number of nitrogens with one attached hydrogen (secondary N) is 2. The lowest BCUT2D eigenvalue weighted by atomic mass is 9.86. The van der Waals surface area contributed by atoms with Gasteiger partial charge in [-0.05, 0) is 50.2 Å². The van der Waals surface area contributed by atoms with Crippen LogP contribution in [0.25, 0.3) is 0 Å². The summed E-state index contributed by atoms with van der Waals surface area (Å²) in [7, 11) is 0. The fourth-order valence-corrected chi connectivity index (χ4v) is 2.56. The zero-order valence-corrected chi connectivity index (χ0v) is 10.7. The van der Waals surface area contributed by atoms with Gasteiger partial charge in [0, 0.05) is 31.0 Å². The summed E-state index contributed by atoms with van der Waals surface area (Å²) < 4.78 is 0. The van der Waals surface area contributed by atoms with Crippen molar-refractivity contribution >= 4 is 5.91 Å². The van der Waals surface area contributed by atoms with E-state index in [1.54, 1.807) is 0 Å². The van der Waals surface area contributed by atoms with Crippen molar-refractivity contribution in [2.24, 2.45) is 5.92 Å². The first-order chi connectivity index (χ1) is 8.78. The van der Waals surface area contributed by atoms with Crippen LogP contribution in [0, 0.1) is 5.92 Å². The number of carbonyl (C=O) groups is 1. The molecule has 100 valence electrons. The van der Waals surface area contributed by atoms with Crippen LogP contribution in [0.3, 0.4) is 0 Å². The normalized spacial score (nSPS) is 23.8. The molecule has 1 aromatic rings. The molecular weight excluding hydrogens is 228 g/mol. The first-order valence-electron chi connectivity index (χ1n) is 6.80. The fourth-order valence-electron chi connectivity index (χ4n) is 2.56. The minimum atomic E-state index is 0.136. The average Bonchev–Trinajstić information content (AvgIpc) is 2.90. The fraction of sp³-hybridized carbons (Fsp3) is 0.643. The third-order valence-electron chi connectivity index (χ3n) is 3.75. The molecule has 1 aliphatic carbocycles. The first-order valence-corrected chi connectivity index (χ1v) is 6.80. The molecule has 1 saturated carbocycles. The van der Waals surface area contributed by atoms with Gasteiger partial charge in [-0.1, -0.05) is 0 Å².